The molecule has 1 aromatic carbocycles. The Kier molecular flexibility index (Phi) is 4.19. The van der Waals surface area contributed by atoms with Crippen LogP contribution in [0, 0.1) is 34.5 Å². The summed E-state index contributed by atoms with van der Waals surface area (Å²) in [5.41, 5.74) is -0.611. The SMILES string of the molecule is COc1ccc2c3c1O[C@]1(C)[C@@]4(O)CCC5(C[C@@H]4[C@](C)(O)C(C)(C)C)[C@@H](C2)C(CC2CC2)CC[C@@]351. The molecule has 2 unspecified atom stereocenters. The van der Waals surface area contributed by atoms with Crippen LogP contribution in [-0.4, -0.2) is 34.1 Å². The van der Waals surface area contributed by atoms with Crippen molar-refractivity contribution in [2.45, 2.75) is 115 Å². The van der Waals surface area contributed by atoms with E-state index in [1.165, 1.54) is 36.8 Å². The Morgan fingerprint density at radius 3 is 2.49 bits per heavy atom. The molecule has 7 aliphatic rings. The van der Waals surface area contributed by atoms with E-state index in [9.17, 15) is 10.2 Å². The number of hydrogen-bond acceptors (Lipinski definition) is 4. The molecule has 0 radical (unpaired) electrons. The number of fused-ring (bicyclic) bond motifs is 2. The molecule has 5 fully saturated rings. The van der Waals surface area contributed by atoms with Crippen LogP contribution in [0.25, 0.3) is 0 Å². The van der Waals surface area contributed by atoms with E-state index in [0.29, 0.717) is 12.3 Å². The number of benzene rings is 1. The Bertz CT molecular complexity index is 1100. The van der Waals surface area contributed by atoms with E-state index in [1.54, 1.807) is 7.11 Å². The van der Waals surface area contributed by atoms with Crippen molar-refractivity contribution in [1.29, 1.82) is 0 Å². The van der Waals surface area contributed by atoms with Gasteiger partial charge in [0.1, 0.15) is 11.2 Å². The minimum absolute atomic E-state index is 0.0502. The van der Waals surface area contributed by atoms with Gasteiger partial charge in [-0.2, -0.15) is 0 Å². The monoisotopic (exact) mass is 480 g/mol. The van der Waals surface area contributed by atoms with Gasteiger partial charge in [-0.25, -0.2) is 0 Å². The molecule has 5 saturated carbocycles. The van der Waals surface area contributed by atoms with Gasteiger partial charge >= 0.3 is 0 Å². The van der Waals surface area contributed by atoms with Crippen LogP contribution in [0.2, 0.25) is 0 Å². The molecule has 8 atom stereocenters. The van der Waals surface area contributed by atoms with Crippen molar-refractivity contribution in [2.24, 2.45) is 34.5 Å². The summed E-state index contributed by atoms with van der Waals surface area (Å²) in [5, 5.41) is 25.1. The standard InChI is InChI=1S/C31H44O4/c1-26(2,3)27(4,32)23-17-29-13-14-31(23,33)28(5)30(29)12-11-19(15-18-7-8-18)21(29)16-20-9-10-22(34-6)25(35-28)24(20)30/h9-10,18-19,21,23,32-33H,7-8,11-17H2,1-6H3/t19?,21-,23+,27-,28-,29?,30-,31+/m0/s1. The van der Waals surface area contributed by atoms with E-state index < -0.39 is 16.8 Å². The van der Waals surface area contributed by atoms with Gasteiger partial charge in [0.05, 0.1) is 12.7 Å². The number of hydrogen-bond donors (Lipinski definition) is 2. The van der Waals surface area contributed by atoms with Gasteiger partial charge in [0.2, 0.25) is 0 Å². The van der Waals surface area contributed by atoms with Crippen LogP contribution in [0.4, 0.5) is 0 Å². The summed E-state index contributed by atoms with van der Waals surface area (Å²) in [6, 6.07) is 4.38. The average Bonchev–Trinajstić information content (AvgIpc) is 3.55. The lowest BCUT2D eigenvalue weighted by molar-refractivity contribution is -0.340. The molecule has 1 heterocycles. The van der Waals surface area contributed by atoms with Gasteiger partial charge in [-0.15, -0.1) is 0 Å². The van der Waals surface area contributed by atoms with Gasteiger partial charge < -0.3 is 19.7 Å². The first-order valence-corrected chi connectivity index (χ1v) is 14.2. The molecular formula is C31H44O4. The third-order valence-electron chi connectivity index (χ3n) is 12.9. The second-order valence-electron chi connectivity index (χ2n) is 14.7. The second-order valence-corrected chi connectivity index (χ2v) is 14.7. The molecular weight excluding hydrogens is 436 g/mol. The predicted octanol–water partition coefficient (Wildman–Crippen LogP) is 5.79. The summed E-state index contributed by atoms with van der Waals surface area (Å²) in [6.45, 7) is 10.6. The smallest absolute Gasteiger partial charge is 0.166 e. The lowest BCUT2D eigenvalue weighted by atomic mass is 9.27. The van der Waals surface area contributed by atoms with E-state index in [0.717, 1.165) is 49.0 Å². The molecule has 6 aliphatic carbocycles. The van der Waals surface area contributed by atoms with Crippen LogP contribution < -0.4 is 9.47 Å². The van der Waals surface area contributed by atoms with E-state index >= 15 is 0 Å². The maximum Gasteiger partial charge on any atom is 0.166 e. The minimum atomic E-state index is -1.10. The van der Waals surface area contributed by atoms with E-state index in [2.05, 4.69) is 39.8 Å². The van der Waals surface area contributed by atoms with Gasteiger partial charge in [0, 0.05) is 16.9 Å². The molecule has 192 valence electrons. The Morgan fingerprint density at radius 2 is 1.83 bits per heavy atom. The number of methoxy groups -OCH3 is 1. The maximum atomic E-state index is 12.9. The zero-order valence-electron chi connectivity index (χ0n) is 22.5. The third kappa shape index (κ3) is 2.31. The fraction of sp³-hybridized carbons (Fsp3) is 0.806. The molecule has 1 aromatic rings. The molecule has 2 N–H and O–H groups in total. The first-order valence-electron chi connectivity index (χ1n) is 14.2. The topological polar surface area (TPSA) is 58.9 Å². The maximum absolute atomic E-state index is 12.9. The van der Waals surface area contributed by atoms with Crippen molar-refractivity contribution in [3.8, 4) is 11.5 Å². The second kappa shape index (κ2) is 6.41. The highest BCUT2D eigenvalue weighted by Gasteiger charge is 2.86. The third-order valence-corrected chi connectivity index (χ3v) is 12.9. The minimum Gasteiger partial charge on any atom is -0.493 e. The fourth-order valence-corrected chi connectivity index (χ4v) is 10.6. The Morgan fingerprint density at radius 1 is 1.09 bits per heavy atom. The highest BCUT2D eigenvalue weighted by Crippen LogP contribution is 2.83. The quantitative estimate of drug-likeness (QED) is 0.572. The van der Waals surface area contributed by atoms with Crippen LogP contribution in [0.3, 0.4) is 0 Å². The molecule has 8 rings (SSSR count). The van der Waals surface area contributed by atoms with Gasteiger partial charge in [-0.3, -0.25) is 0 Å². The number of aliphatic hydroxyl groups is 2. The first kappa shape index (κ1) is 22.9. The molecule has 4 nitrogen and oxygen atoms in total. The summed E-state index contributed by atoms with van der Waals surface area (Å²) in [6.07, 6.45) is 10.2. The summed E-state index contributed by atoms with van der Waals surface area (Å²) in [4.78, 5) is 0. The van der Waals surface area contributed by atoms with Crippen LogP contribution in [0.15, 0.2) is 12.1 Å². The van der Waals surface area contributed by atoms with Crippen LogP contribution in [0.5, 0.6) is 11.5 Å². The predicted molar refractivity (Wildman–Crippen MR) is 136 cm³/mol. The van der Waals surface area contributed by atoms with Gasteiger partial charge in [-0.1, -0.05) is 39.7 Å². The molecule has 4 bridgehead atoms. The summed E-state index contributed by atoms with van der Waals surface area (Å²) < 4.78 is 13.0. The largest absolute Gasteiger partial charge is 0.493 e. The van der Waals surface area contributed by atoms with Gasteiger partial charge in [0.15, 0.2) is 11.5 Å². The number of rotatable bonds is 4. The molecule has 4 heteroatoms. The lowest BCUT2D eigenvalue weighted by Crippen LogP contribution is -2.85. The van der Waals surface area contributed by atoms with Crippen molar-refractivity contribution in [3.05, 3.63) is 23.3 Å². The van der Waals surface area contributed by atoms with E-state index in [4.69, 9.17) is 9.47 Å². The van der Waals surface area contributed by atoms with E-state index in [1.807, 2.05) is 6.92 Å². The highest BCUT2D eigenvalue weighted by molar-refractivity contribution is 5.65. The first-order chi connectivity index (χ1) is 16.4. The zero-order chi connectivity index (χ0) is 24.8. The van der Waals surface area contributed by atoms with Crippen LogP contribution >= 0.6 is 0 Å². The van der Waals surface area contributed by atoms with E-state index in [-0.39, 0.29) is 22.2 Å². The normalized spacial score (nSPS) is 46.6. The van der Waals surface area contributed by atoms with Gasteiger partial charge in [-0.05, 0) is 99.0 Å². The van der Waals surface area contributed by atoms with Crippen molar-refractivity contribution >= 4 is 0 Å². The highest BCUT2D eigenvalue weighted by atomic mass is 16.5. The zero-order valence-corrected chi connectivity index (χ0v) is 22.5. The van der Waals surface area contributed by atoms with Crippen molar-refractivity contribution in [3.63, 3.8) is 0 Å². The molecule has 1 aliphatic heterocycles. The fourth-order valence-electron chi connectivity index (χ4n) is 10.6. The molecule has 0 saturated heterocycles. The summed E-state index contributed by atoms with van der Waals surface area (Å²) in [7, 11) is 1.73. The summed E-state index contributed by atoms with van der Waals surface area (Å²) in [5.74, 6) is 3.70. The lowest BCUT2D eigenvalue weighted by Gasteiger charge is -2.77. The van der Waals surface area contributed by atoms with Crippen LogP contribution in [-0.2, 0) is 11.8 Å². The number of ether oxygens (including phenoxy) is 2. The van der Waals surface area contributed by atoms with Crippen molar-refractivity contribution in [1.82, 2.24) is 0 Å². The Balaban J connectivity index is 1.50. The molecule has 2 spiro atoms. The molecule has 0 amide bonds. The van der Waals surface area contributed by atoms with Crippen molar-refractivity contribution < 1.29 is 19.7 Å². The Hall–Kier alpha value is -1.26. The summed E-state index contributed by atoms with van der Waals surface area (Å²) >= 11 is 0. The molecule has 0 aromatic heterocycles. The average molecular weight is 481 g/mol. The van der Waals surface area contributed by atoms with Crippen molar-refractivity contribution in [2.75, 3.05) is 7.11 Å². The van der Waals surface area contributed by atoms with Gasteiger partial charge in [0.25, 0.3) is 0 Å². The van der Waals surface area contributed by atoms with Crippen LogP contribution in [0.1, 0.15) is 97.1 Å². The Labute approximate surface area is 210 Å². The molecule has 35 heavy (non-hydrogen) atoms.